The number of nitrogens with two attached hydrogens (primary N) is 1. The summed E-state index contributed by atoms with van der Waals surface area (Å²) in [7, 11) is 2.22. The van der Waals surface area contributed by atoms with E-state index >= 15 is 0 Å². The zero-order chi connectivity index (χ0) is 10.2. The van der Waals surface area contributed by atoms with Crippen molar-refractivity contribution in [3.8, 4) is 0 Å². The quantitative estimate of drug-likeness (QED) is 0.663. The van der Waals surface area contributed by atoms with Crippen molar-refractivity contribution < 1.29 is 0 Å². The molecule has 0 bridgehead atoms. The molecule has 0 aromatic rings. The van der Waals surface area contributed by atoms with E-state index in [0.29, 0.717) is 0 Å². The van der Waals surface area contributed by atoms with Crippen molar-refractivity contribution in [3.63, 3.8) is 0 Å². The van der Waals surface area contributed by atoms with Crippen LogP contribution in [0.25, 0.3) is 0 Å². The highest BCUT2D eigenvalue weighted by molar-refractivity contribution is 4.67. The molecule has 2 N–H and O–H groups in total. The van der Waals surface area contributed by atoms with Gasteiger partial charge in [-0.25, -0.2) is 0 Å². The van der Waals surface area contributed by atoms with Crippen LogP contribution in [0.3, 0.4) is 0 Å². The molecule has 84 valence electrons. The first-order valence-corrected chi connectivity index (χ1v) is 5.94. The fourth-order valence-electron chi connectivity index (χ4n) is 1.98. The molecule has 1 heterocycles. The highest BCUT2D eigenvalue weighted by atomic mass is 15.2. The predicted molar refractivity (Wildman–Crippen MR) is 61.5 cm³/mol. The zero-order valence-corrected chi connectivity index (χ0v) is 9.54. The molecule has 3 nitrogen and oxygen atoms in total. The SMILES string of the molecule is CN1CCCN(CCCCCN)CC1. The van der Waals surface area contributed by atoms with Gasteiger partial charge in [-0.15, -0.1) is 0 Å². The van der Waals surface area contributed by atoms with Crippen LogP contribution >= 0.6 is 0 Å². The summed E-state index contributed by atoms with van der Waals surface area (Å²) in [6.07, 6.45) is 5.13. The van der Waals surface area contributed by atoms with E-state index in [0.717, 1.165) is 6.54 Å². The van der Waals surface area contributed by atoms with Crippen LogP contribution in [0.2, 0.25) is 0 Å². The Labute approximate surface area is 88.2 Å². The highest BCUT2D eigenvalue weighted by Gasteiger charge is 2.10. The Morgan fingerprint density at radius 1 is 1.00 bits per heavy atom. The Bertz CT molecular complexity index is 138. The van der Waals surface area contributed by atoms with Crippen molar-refractivity contribution in [1.29, 1.82) is 0 Å². The van der Waals surface area contributed by atoms with Crippen LogP contribution in [0.1, 0.15) is 25.7 Å². The monoisotopic (exact) mass is 199 g/mol. The minimum absolute atomic E-state index is 0.850. The molecule has 1 aliphatic rings. The Morgan fingerprint density at radius 2 is 1.86 bits per heavy atom. The topological polar surface area (TPSA) is 32.5 Å². The molecule has 0 unspecified atom stereocenters. The molecule has 0 aliphatic carbocycles. The molecule has 1 fully saturated rings. The lowest BCUT2D eigenvalue weighted by Crippen LogP contribution is -2.29. The molecule has 1 saturated heterocycles. The molecule has 0 radical (unpaired) electrons. The van der Waals surface area contributed by atoms with Crippen LogP contribution in [-0.4, -0.2) is 56.1 Å². The van der Waals surface area contributed by atoms with Gasteiger partial charge in [0.2, 0.25) is 0 Å². The second kappa shape index (κ2) is 7.21. The standard InChI is InChI=1S/C11H25N3/c1-13-7-5-9-14(11-10-13)8-4-2-3-6-12/h2-12H2,1H3. The number of hydrogen-bond acceptors (Lipinski definition) is 3. The van der Waals surface area contributed by atoms with Gasteiger partial charge in [-0.3, -0.25) is 0 Å². The molecule has 3 heteroatoms. The molecule has 0 aromatic carbocycles. The largest absolute Gasteiger partial charge is 0.330 e. The van der Waals surface area contributed by atoms with Crippen LogP contribution in [-0.2, 0) is 0 Å². The molecular weight excluding hydrogens is 174 g/mol. The minimum Gasteiger partial charge on any atom is -0.330 e. The first-order chi connectivity index (χ1) is 6.83. The second-order valence-electron chi connectivity index (χ2n) is 4.35. The normalized spacial score (nSPS) is 21.0. The Hall–Kier alpha value is -0.120. The van der Waals surface area contributed by atoms with Crippen molar-refractivity contribution in [2.24, 2.45) is 5.73 Å². The number of hydrogen-bond donors (Lipinski definition) is 1. The lowest BCUT2D eigenvalue weighted by Gasteiger charge is -2.19. The third kappa shape index (κ3) is 4.94. The molecule has 0 saturated carbocycles. The number of nitrogens with zero attached hydrogens (tertiary/aromatic N) is 2. The zero-order valence-electron chi connectivity index (χ0n) is 9.54. The van der Waals surface area contributed by atoms with E-state index in [-0.39, 0.29) is 0 Å². The number of rotatable bonds is 5. The van der Waals surface area contributed by atoms with Crippen molar-refractivity contribution in [3.05, 3.63) is 0 Å². The lowest BCUT2D eigenvalue weighted by molar-refractivity contribution is 0.271. The maximum Gasteiger partial charge on any atom is 0.0109 e. The van der Waals surface area contributed by atoms with Crippen LogP contribution in [0.5, 0.6) is 0 Å². The molecule has 1 aliphatic heterocycles. The van der Waals surface area contributed by atoms with E-state index in [2.05, 4.69) is 16.8 Å². The summed E-state index contributed by atoms with van der Waals surface area (Å²) in [5, 5.41) is 0. The van der Waals surface area contributed by atoms with Crippen LogP contribution in [0, 0.1) is 0 Å². The van der Waals surface area contributed by atoms with Crippen molar-refractivity contribution in [1.82, 2.24) is 9.80 Å². The van der Waals surface area contributed by atoms with E-state index in [1.54, 1.807) is 0 Å². The first kappa shape index (κ1) is 12.0. The van der Waals surface area contributed by atoms with Gasteiger partial charge < -0.3 is 15.5 Å². The molecular formula is C11H25N3. The minimum atomic E-state index is 0.850. The van der Waals surface area contributed by atoms with E-state index in [9.17, 15) is 0 Å². The highest BCUT2D eigenvalue weighted by Crippen LogP contribution is 2.03. The lowest BCUT2D eigenvalue weighted by atomic mass is 10.2. The van der Waals surface area contributed by atoms with E-state index < -0.39 is 0 Å². The average Bonchev–Trinajstić information content (AvgIpc) is 2.38. The Morgan fingerprint density at radius 3 is 2.64 bits per heavy atom. The van der Waals surface area contributed by atoms with Gasteiger partial charge in [0.1, 0.15) is 0 Å². The van der Waals surface area contributed by atoms with E-state index in [1.807, 2.05) is 0 Å². The molecule has 1 rings (SSSR count). The molecule has 0 atom stereocenters. The Kier molecular flexibility index (Phi) is 6.15. The van der Waals surface area contributed by atoms with Crippen molar-refractivity contribution in [2.45, 2.75) is 25.7 Å². The third-order valence-corrected chi connectivity index (χ3v) is 2.99. The van der Waals surface area contributed by atoms with Gasteiger partial charge in [0.15, 0.2) is 0 Å². The van der Waals surface area contributed by atoms with Crippen LogP contribution < -0.4 is 5.73 Å². The molecule has 0 amide bonds. The summed E-state index contributed by atoms with van der Waals surface area (Å²) in [5.74, 6) is 0. The fourth-order valence-corrected chi connectivity index (χ4v) is 1.98. The summed E-state index contributed by atoms with van der Waals surface area (Å²) in [6.45, 7) is 7.15. The van der Waals surface area contributed by atoms with Gasteiger partial charge >= 0.3 is 0 Å². The van der Waals surface area contributed by atoms with Gasteiger partial charge in [-0.2, -0.15) is 0 Å². The molecule has 0 aromatic heterocycles. The first-order valence-electron chi connectivity index (χ1n) is 5.94. The smallest absolute Gasteiger partial charge is 0.0109 e. The van der Waals surface area contributed by atoms with Gasteiger partial charge in [-0.1, -0.05) is 6.42 Å². The maximum absolute atomic E-state index is 5.47. The molecule has 14 heavy (non-hydrogen) atoms. The van der Waals surface area contributed by atoms with E-state index in [4.69, 9.17) is 5.73 Å². The summed E-state index contributed by atoms with van der Waals surface area (Å²) in [4.78, 5) is 5.03. The number of likely N-dealkylation sites (N-methyl/N-ethyl adjacent to an activating group) is 1. The summed E-state index contributed by atoms with van der Waals surface area (Å²) in [6, 6.07) is 0. The van der Waals surface area contributed by atoms with Gasteiger partial charge in [0, 0.05) is 13.1 Å². The predicted octanol–water partition coefficient (Wildman–Crippen LogP) is 0.753. The van der Waals surface area contributed by atoms with Crippen molar-refractivity contribution >= 4 is 0 Å². The van der Waals surface area contributed by atoms with Gasteiger partial charge in [0.05, 0.1) is 0 Å². The Balaban J connectivity index is 2.05. The summed E-state index contributed by atoms with van der Waals surface area (Å²) in [5.41, 5.74) is 5.47. The second-order valence-corrected chi connectivity index (χ2v) is 4.35. The van der Waals surface area contributed by atoms with Crippen LogP contribution in [0.15, 0.2) is 0 Å². The van der Waals surface area contributed by atoms with E-state index in [1.165, 1.54) is 58.4 Å². The maximum atomic E-state index is 5.47. The van der Waals surface area contributed by atoms with Gasteiger partial charge in [0.25, 0.3) is 0 Å². The summed E-state index contributed by atoms with van der Waals surface area (Å²) >= 11 is 0. The summed E-state index contributed by atoms with van der Waals surface area (Å²) < 4.78 is 0. The average molecular weight is 199 g/mol. The number of unbranched alkanes of at least 4 members (excludes halogenated alkanes) is 2. The molecule has 0 spiro atoms. The van der Waals surface area contributed by atoms with Gasteiger partial charge in [-0.05, 0) is 52.5 Å². The third-order valence-electron chi connectivity index (χ3n) is 2.99. The van der Waals surface area contributed by atoms with Crippen LogP contribution in [0.4, 0.5) is 0 Å². The fraction of sp³-hybridized carbons (Fsp3) is 1.00. The van der Waals surface area contributed by atoms with Crippen molar-refractivity contribution in [2.75, 3.05) is 46.3 Å².